The van der Waals surface area contributed by atoms with Crippen LogP contribution in [0.1, 0.15) is 12.0 Å². The Hall–Kier alpha value is -2.30. The molecule has 2 aromatic rings. The molecular weight excluding hydrogens is 433 g/mol. The number of carbonyl (C=O) groups excluding carboxylic acids is 1. The number of amides is 1. The van der Waals surface area contributed by atoms with Gasteiger partial charge in [-0.25, -0.2) is 13.1 Å². The molecule has 2 rings (SSSR count). The Labute approximate surface area is 171 Å². The molecule has 0 spiro atoms. The van der Waals surface area contributed by atoms with Gasteiger partial charge in [0.15, 0.2) is 6.61 Å². The van der Waals surface area contributed by atoms with Gasteiger partial charge < -0.3 is 10.1 Å². The Morgan fingerprint density at radius 3 is 2.41 bits per heavy atom. The van der Waals surface area contributed by atoms with Crippen molar-refractivity contribution < 1.29 is 31.1 Å². The summed E-state index contributed by atoms with van der Waals surface area (Å²) in [5, 5.41) is 2.87. The zero-order valence-corrected chi connectivity index (χ0v) is 16.6. The van der Waals surface area contributed by atoms with Crippen molar-refractivity contribution in [3.63, 3.8) is 0 Å². The van der Waals surface area contributed by atoms with Gasteiger partial charge in [0.1, 0.15) is 5.75 Å². The molecular formula is C18H18ClF3N2O4S. The summed E-state index contributed by atoms with van der Waals surface area (Å²) in [5.74, 6) is -0.330. The zero-order valence-electron chi connectivity index (χ0n) is 15.0. The second-order valence-electron chi connectivity index (χ2n) is 5.93. The number of benzene rings is 2. The van der Waals surface area contributed by atoms with Crippen LogP contribution in [0.2, 0.25) is 5.02 Å². The van der Waals surface area contributed by atoms with E-state index in [4.69, 9.17) is 11.6 Å². The fraction of sp³-hybridized carbons (Fsp3) is 0.278. The maximum Gasteiger partial charge on any atom is 0.422 e. The first-order valence-corrected chi connectivity index (χ1v) is 10.2. The van der Waals surface area contributed by atoms with Crippen molar-refractivity contribution in [2.45, 2.75) is 24.0 Å². The highest BCUT2D eigenvalue weighted by atomic mass is 35.5. The fourth-order valence-corrected chi connectivity index (χ4v) is 3.51. The SMILES string of the molecule is O=C(CCNS(=O)(=O)c1cccc(Cl)c1)NCc1ccc(OCC(F)(F)F)cc1. The molecule has 1 amide bonds. The van der Waals surface area contributed by atoms with Gasteiger partial charge in [0.2, 0.25) is 15.9 Å². The van der Waals surface area contributed by atoms with Crippen molar-refractivity contribution >= 4 is 27.5 Å². The topological polar surface area (TPSA) is 84.5 Å². The summed E-state index contributed by atoms with van der Waals surface area (Å²) < 4.78 is 67.4. The Balaban J connectivity index is 1.74. The van der Waals surface area contributed by atoms with Gasteiger partial charge in [-0.2, -0.15) is 13.2 Å². The number of carbonyl (C=O) groups is 1. The number of hydrogen-bond donors (Lipinski definition) is 2. The van der Waals surface area contributed by atoms with Gasteiger partial charge in [0.25, 0.3) is 0 Å². The van der Waals surface area contributed by atoms with Crippen molar-refractivity contribution in [3.8, 4) is 5.75 Å². The summed E-state index contributed by atoms with van der Waals surface area (Å²) >= 11 is 5.77. The molecule has 0 radical (unpaired) electrons. The third kappa shape index (κ3) is 8.30. The standard InChI is InChI=1S/C18H18ClF3N2O4S/c19-14-2-1-3-16(10-14)29(26,27)24-9-8-17(25)23-11-13-4-6-15(7-5-13)28-12-18(20,21)22/h1-7,10,24H,8-9,11-12H2,(H,23,25). The van der Waals surface area contributed by atoms with E-state index in [-0.39, 0.29) is 35.2 Å². The molecule has 0 fully saturated rings. The van der Waals surface area contributed by atoms with Gasteiger partial charge in [0, 0.05) is 24.5 Å². The van der Waals surface area contributed by atoms with Crippen molar-refractivity contribution in [1.82, 2.24) is 10.0 Å². The molecule has 2 N–H and O–H groups in total. The van der Waals surface area contributed by atoms with Crippen LogP contribution in [-0.2, 0) is 21.4 Å². The van der Waals surface area contributed by atoms with Crippen LogP contribution in [0.5, 0.6) is 5.75 Å². The lowest BCUT2D eigenvalue weighted by molar-refractivity contribution is -0.153. The lowest BCUT2D eigenvalue weighted by Gasteiger charge is -2.10. The molecule has 29 heavy (non-hydrogen) atoms. The Kier molecular flexibility index (Phi) is 7.88. The predicted molar refractivity (Wildman–Crippen MR) is 101 cm³/mol. The molecule has 0 aliphatic carbocycles. The van der Waals surface area contributed by atoms with Crippen LogP contribution < -0.4 is 14.8 Å². The van der Waals surface area contributed by atoms with E-state index in [2.05, 4.69) is 14.8 Å². The second-order valence-corrected chi connectivity index (χ2v) is 8.13. The summed E-state index contributed by atoms with van der Waals surface area (Å²) in [4.78, 5) is 11.9. The van der Waals surface area contributed by atoms with Crippen LogP contribution in [0.4, 0.5) is 13.2 Å². The largest absolute Gasteiger partial charge is 0.484 e. The van der Waals surface area contributed by atoms with Crippen LogP contribution >= 0.6 is 11.6 Å². The molecule has 0 aliphatic rings. The quantitative estimate of drug-likeness (QED) is 0.614. The van der Waals surface area contributed by atoms with E-state index < -0.39 is 28.7 Å². The van der Waals surface area contributed by atoms with Crippen molar-refractivity contribution in [1.29, 1.82) is 0 Å². The minimum atomic E-state index is -4.42. The minimum absolute atomic E-state index is 0.00163. The molecule has 6 nitrogen and oxygen atoms in total. The van der Waals surface area contributed by atoms with Crippen LogP contribution in [0.3, 0.4) is 0 Å². The lowest BCUT2D eigenvalue weighted by atomic mass is 10.2. The zero-order chi connectivity index (χ0) is 21.5. The molecule has 158 valence electrons. The van der Waals surface area contributed by atoms with Gasteiger partial charge >= 0.3 is 6.18 Å². The third-order valence-electron chi connectivity index (χ3n) is 3.57. The van der Waals surface area contributed by atoms with Gasteiger partial charge in [-0.15, -0.1) is 0 Å². The average Bonchev–Trinajstić information content (AvgIpc) is 2.65. The number of rotatable bonds is 9. The van der Waals surface area contributed by atoms with Gasteiger partial charge in [-0.3, -0.25) is 4.79 Å². The first kappa shape index (κ1) is 23.0. The van der Waals surface area contributed by atoms with Crippen molar-refractivity contribution in [2.24, 2.45) is 0 Å². The first-order valence-electron chi connectivity index (χ1n) is 8.35. The summed E-state index contributed by atoms with van der Waals surface area (Å²) in [6.45, 7) is -1.35. The molecule has 0 aromatic heterocycles. The van der Waals surface area contributed by atoms with E-state index in [0.717, 1.165) is 0 Å². The highest BCUT2D eigenvalue weighted by Crippen LogP contribution is 2.19. The molecule has 0 saturated carbocycles. The lowest BCUT2D eigenvalue weighted by Crippen LogP contribution is -2.30. The molecule has 2 aromatic carbocycles. The number of alkyl halides is 3. The number of ether oxygens (including phenoxy) is 1. The Bertz CT molecular complexity index is 935. The van der Waals surface area contributed by atoms with Crippen molar-refractivity contribution in [3.05, 3.63) is 59.1 Å². The van der Waals surface area contributed by atoms with Crippen LogP contribution in [0.25, 0.3) is 0 Å². The van der Waals surface area contributed by atoms with Gasteiger partial charge in [-0.05, 0) is 35.9 Å². The van der Waals surface area contributed by atoms with E-state index in [1.165, 1.54) is 42.5 Å². The van der Waals surface area contributed by atoms with E-state index >= 15 is 0 Å². The number of sulfonamides is 1. The van der Waals surface area contributed by atoms with E-state index in [0.29, 0.717) is 5.56 Å². The molecule has 0 unspecified atom stereocenters. The van der Waals surface area contributed by atoms with Crippen LogP contribution in [-0.4, -0.2) is 33.7 Å². The molecule has 0 aliphatic heterocycles. The van der Waals surface area contributed by atoms with Crippen LogP contribution in [0, 0.1) is 0 Å². The highest BCUT2D eigenvalue weighted by molar-refractivity contribution is 7.89. The smallest absolute Gasteiger partial charge is 0.422 e. The Morgan fingerprint density at radius 2 is 1.79 bits per heavy atom. The molecule has 0 saturated heterocycles. The third-order valence-corrected chi connectivity index (χ3v) is 5.26. The molecule has 0 bridgehead atoms. The number of nitrogens with one attached hydrogen (secondary N) is 2. The first-order chi connectivity index (χ1) is 13.5. The fourth-order valence-electron chi connectivity index (χ4n) is 2.17. The average molecular weight is 451 g/mol. The number of halogens is 4. The molecule has 11 heteroatoms. The maximum absolute atomic E-state index is 12.1. The van der Waals surface area contributed by atoms with Crippen LogP contribution in [0.15, 0.2) is 53.4 Å². The highest BCUT2D eigenvalue weighted by Gasteiger charge is 2.28. The van der Waals surface area contributed by atoms with E-state index in [9.17, 15) is 26.4 Å². The van der Waals surface area contributed by atoms with E-state index in [1.54, 1.807) is 6.07 Å². The predicted octanol–water partition coefficient (Wildman–Crippen LogP) is 3.27. The van der Waals surface area contributed by atoms with E-state index in [1.807, 2.05) is 0 Å². The van der Waals surface area contributed by atoms with Crippen molar-refractivity contribution in [2.75, 3.05) is 13.2 Å². The Morgan fingerprint density at radius 1 is 1.10 bits per heavy atom. The summed E-state index contributed by atoms with van der Waals surface area (Å²) in [6, 6.07) is 11.5. The summed E-state index contributed by atoms with van der Waals surface area (Å²) in [6.07, 6.45) is -4.51. The minimum Gasteiger partial charge on any atom is -0.484 e. The normalized spacial score (nSPS) is 11.9. The summed E-state index contributed by atoms with van der Waals surface area (Å²) in [7, 11) is -3.77. The second kappa shape index (κ2) is 9.95. The van der Waals surface area contributed by atoms with Gasteiger partial charge in [-0.1, -0.05) is 29.8 Å². The monoisotopic (exact) mass is 450 g/mol. The summed E-state index contributed by atoms with van der Waals surface area (Å²) in [5.41, 5.74) is 0.650. The molecule has 0 atom stereocenters. The number of hydrogen-bond acceptors (Lipinski definition) is 4. The molecule has 0 heterocycles. The van der Waals surface area contributed by atoms with Gasteiger partial charge in [0.05, 0.1) is 4.90 Å². The maximum atomic E-state index is 12.1.